The van der Waals surface area contributed by atoms with E-state index in [0.29, 0.717) is 29.4 Å². The fourth-order valence-corrected chi connectivity index (χ4v) is 3.24. The molecule has 1 N–H and O–H groups in total. The van der Waals surface area contributed by atoms with Crippen LogP contribution in [-0.4, -0.2) is 28.0 Å². The van der Waals surface area contributed by atoms with Crippen molar-refractivity contribution >= 4 is 27.5 Å². The number of hydrogen-bond acceptors (Lipinski definition) is 5. The molecule has 0 saturated heterocycles. The zero-order valence-electron chi connectivity index (χ0n) is 16.7. The zero-order valence-corrected chi connectivity index (χ0v) is 18.2. The van der Waals surface area contributed by atoms with Crippen LogP contribution in [0.25, 0.3) is 5.69 Å². The highest BCUT2D eigenvalue weighted by molar-refractivity contribution is 9.10. The molecule has 4 aromatic rings. The van der Waals surface area contributed by atoms with E-state index < -0.39 is 0 Å². The number of aromatic nitrogens is 3. The highest BCUT2D eigenvalue weighted by Gasteiger charge is 2.14. The Labute approximate surface area is 187 Å². The topological polar surface area (TPSA) is 78.3 Å². The summed E-state index contributed by atoms with van der Waals surface area (Å²) >= 11 is 3.42. The number of halogens is 1. The van der Waals surface area contributed by atoms with E-state index in [1.165, 1.54) is 0 Å². The second-order valence-corrected chi connectivity index (χ2v) is 7.52. The van der Waals surface area contributed by atoms with Crippen LogP contribution in [0.4, 0.5) is 5.69 Å². The van der Waals surface area contributed by atoms with Gasteiger partial charge >= 0.3 is 0 Å². The number of nitrogens with zero attached hydrogens (tertiary/aromatic N) is 3. The van der Waals surface area contributed by atoms with Crippen LogP contribution in [0.5, 0.6) is 11.5 Å². The summed E-state index contributed by atoms with van der Waals surface area (Å²) < 4.78 is 13.9. The maximum atomic E-state index is 12.9. The number of hydrogen-bond donors (Lipinski definition) is 1. The van der Waals surface area contributed by atoms with Crippen molar-refractivity contribution in [2.75, 3.05) is 12.4 Å². The van der Waals surface area contributed by atoms with Gasteiger partial charge in [-0.2, -0.15) is 0 Å². The van der Waals surface area contributed by atoms with Gasteiger partial charge in [-0.15, -0.1) is 5.10 Å². The standard InChI is InChI=1S/C23H19BrN4O3/c1-30-22-14-17(8-11-21(22)31-15-16-6-9-18(24)10-7-16)23(29)26-19-4-2-3-5-20(19)28-13-12-25-27-28/h2-14H,15H2,1H3,(H,26,29). The summed E-state index contributed by atoms with van der Waals surface area (Å²) in [6.45, 7) is 0.389. The van der Waals surface area contributed by atoms with Gasteiger partial charge in [-0.3, -0.25) is 4.79 Å². The lowest BCUT2D eigenvalue weighted by molar-refractivity contribution is 0.102. The molecular formula is C23H19BrN4O3. The molecule has 3 aromatic carbocycles. The Bertz CT molecular complexity index is 1180. The first-order chi connectivity index (χ1) is 15.1. The van der Waals surface area contributed by atoms with Gasteiger partial charge in [-0.25, -0.2) is 4.68 Å². The minimum Gasteiger partial charge on any atom is -0.493 e. The van der Waals surface area contributed by atoms with Crippen molar-refractivity contribution in [3.63, 3.8) is 0 Å². The van der Waals surface area contributed by atoms with E-state index in [0.717, 1.165) is 15.7 Å². The fourth-order valence-electron chi connectivity index (χ4n) is 2.98. The molecule has 0 aliphatic rings. The van der Waals surface area contributed by atoms with Crippen LogP contribution in [0.2, 0.25) is 0 Å². The lowest BCUT2D eigenvalue weighted by Crippen LogP contribution is -2.14. The van der Waals surface area contributed by atoms with E-state index >= 15 is 0 Å². The summed E-state index contributed by atoms with van der Waals surface area (Å²) in [6.07, 6.45) is 3.29. The molecule has 4 rings (SSSR count). The molecule has 0 aliphatic heterocycles. The number of para-hydroxylation sites is 2. The monoisotopic (exact) mass is 478 g/mol. The summed E-state index contributed by atoms with van der Waals surface area (Å²) in [5.41, 5.74) is 2.81. The molecule has 156 valence electrons. The number of carbonyl (C=O) groups excluding carboxylic acids is 1. The first kappa shape index (κ1) is 20.6. The molecule has 7 nitrogen and oxygen atoms in total. The number of anilines is 1. The SMILES string of the molecule is COc1cc(C(=O)Nc2ccccc2-n2ccnn2)ccc1OCc1ccc(Br)cc1. The van der Waals surface area contributed by atoms with Gasteiger partial charge in [-0.1, -0.05) is 45.4 Å². The van der Waals surface area contributed by atoms with Crippen molar-refractivity contribution in [1.82, 2.24) is 15.0 Å². The van der Waals surface area contributed by atoms with E-state index in [9.17, 15) is 4.79 Å². The second-order valence-electron chi connectivity index (χ2n) is 6.60. The number of methoxy groups -OCH3 is 1. The van der Waals surface area contributed by atoms with Crippen molar-refractivity contribution in [3.8, 4) is 17.2 Å². The van der Waals surface area contributed by atoms with Gasteiger partial charge in [0.1, 0.15) is 6.61 Å². The second kappa shape index (κ2) is 9.44. The molecule has 1 amide bonds. The van der Waals surface area contributed by atoms with E-state index in [1.54, 1.807) is 42.4 Å². The molecule has 0 saturated carbocycles. The summed E-state index contributed by atoms with van der Waals surface area (Å²) in [5, 5.41) is 10.7. The lowest BCUT2D eigenvalue weighted by atomic mass is 10.1. The Balaban J connectivity index is 1.50. The molecule has 1 aromatic heterocycles. The van der Waals surface area contributed by atoms with Crippen molar-refractivity contribution in [1.29, 1.82) is 0 Å². The number of ether oxygens (including phenoxy) is 2. The Morgan fingerprint density at radius 3 is 2.61 bits per heavy atom. The molecule has 1 heterocycles. The smallest absolute Gasteiger partial charge is 0.255 e. The predicted molar refractivity (Wildman–Crippen MR) is 121 cm³/mol. The minimum absolute atomic E-state index is 0.273. The molecule has 0 aliphatic carbocycles. The molecule has 0 spiro atoms. The van der Waals surface area contributed by atoms with E-state index in [-0.39, 0.29) is 5.91 Å². The zero-order chi connectivity index (χ0) is 21.6. The maximum absolute atomic E-state index is 12.9. The quantitative estimate of drug-likeness (QED) is 0.409. The minimum atomic E-state index is -0.273. The van der Waals surface area contributed by atoms with Crippen LogP contribution in [0.3, 0.4) is 0 Å². The fraction of sp³-hybridized carbons (Fsp3) is 0.0870. The van der Waals surface area contributed by atoms with Crippen LogP contribution in [0.1, 0.15) is 15.9 Å². The van der Waals surface area contributed by atoms with Crippen LogP contribution in [-0.2, 0) is 6.61 Å². The maximum Gasteiger partial charge on any atom is 0.255 e. The molecule has 0 atom stereocenters. The van der Waals surface area contributed by atoms with Crippen LogP contribution >= 0.6 is 15.9 Å². The van der Waals surface area contributed by atoms with Gasteiger partial charge in [0.05, 0.1) is 30.9 Å². The molecule has 0 fully saturated rings. The Kier molecular flexibility index (Phi) is 6.28. The van der Waals surface area contributed by atoms with E-state index in [2.05, 4.69) is 31.6 Å². The molecule has 0 radical (unpaired) electrons. The van der Waals surface area contributed by atoms with Gasteiger partial charge in [0.15, 0.2) is 11.5 Å². The van der Waals surface area contributed by atoms with Gasteiger partial charge in [0, 0.05) is 10.0 Å². The number of rotatable bonds is 7. The van der Waals surface area contributed by atoms with Crippen molar-refractivity contribution < 1.29 is 14.3 Å². The Morgan fingerprint density at radius 2 is 1.87 bits per heavy atom. The van der Waals surface area contributed by atoms with Crippen molar-refractivity contribution in [3.05, 3.63) is 94.7 Å². The van der Waals surface area contributed by atoms with Gasteiger partial charge in [-0.05, 0) is 48.0 Å². The summed E-state index contributed by atoms with van der Waals surface area (Å²) in [6, 6.07) is 20.3. The van der Waals surface area contributed by atoms with Crippen molar-refractivity contribution in [2.45, 2.75) is 6.61 Å². The third-order valence-electron chi connectivity index (χ3n) is 4.56. The third kappa shape index (κ3) is 4.92. The highest BCUT2D eigenvalue weighted by Crippen LogP contribution is 2.30. The van der Waals surface area contributed by atoms with Crippen LogP contribution in [0.15, 0.2) is 83.6 Å². The lowest BCUT2D eigenvalue weighted by Gasteiger charge is -2.14. The summed E-state index contributed by atoms with van der Waals surface area (Å²) in [4.78, 5) is 12.9. The molecule has 8 heteroatoms. The van der Waals surface area contributed by atoms with E-state index in [4.69, 9.17) is 9.47 Å². The molecule has 31 heavy (non-hydrogen) atoms. The summed E-state index contributed by atoms with van der Waals surface area (Å²) in [7, 11) is 1.55. The molecule has 0 unspecified atom stereocenters. The average molecular weight is 479 g/mol. The average Bonchev–Trinajstić information content (AvgIpc) is 3.34. The molecule has 0 bridgehead atoms. The Hall–Kier alpha value is -3.65. The van der Waals surface area contributed by atoms with Gasteiger partial charge < -0.3 is 14.8 Å². The molecular weight excluding hydrogens is 460 g/mol. The first-order valence-corrected chi connectivity index (χ1v) is 10.3. The number of amides is 1. The predicted octanol–water partition coefficient (Wildman–Crippen LogP) is 4.87. The van der Waals surface area contributed by atoms with Gasteiger partial charge in [0.2, 0.25) is 0 Å². The highest BCUT2D eigenvalue weighted by atomic mass is 79.9. The third-order valence-corrected chi connectivity index (χ3v) is 5.08. The number of carbonyl (C=O) groups is 1. The summed E-state index contributed by atoms with van der Waals surface area (Å²) in [5.74, 6) is 0.768. The van der Waals surface area contributed by atoms with E-state index in [1.807, 2.05) is 48.5 Å². The van der Waals surface area contributed by atoms with Crippen LogP contribution < -0.4 is 14.8 Å². The Morgan fingerprint density at radius 1 is 1.06 bits per heavy atom. The number of nitrogens with one attached hydrogen (secondary N) is 1. The normalized spacial score (nSPS) is 10.5. The van der Waals surface area contributed by atoms with Crippen molar-refractivity contribution in [2.24, 2.45) is 0 Å². The first-order valence-electron chi connectivity index (χ1n) is 9.46. The number of benzene rings is 3. The van der Waals surface area contributed by atoms with Crippen LogP contribution in [0, 0.1) is 0 Å². The largest absolute Gasteiger partial charge is 0.493 e. The van der Waals surface area contributed by atoms with Gasteiger partial charge in [0.25, 0.3) is 5.91 Å².